The number of carbonyl (C=O) groups is 1. The summed E-state index contributed by atoms with van der Waals surface area (Å²) in [4.78, 5) is 25.2. The van der Waals surface area contributed by atoms with E-state index in [1.54, 1.807) is 23.0 Å². The molecule has 2 aliphatic rings. The Bertz CT molecular complexity index is 1810. The number of pyridine rings is 1. The fraction of sp³-hybridized carbons (Fsp3) is 0.200. The van der Waals surface area contributed by atoms with Gasteiger partial charge in [-0.2, -0.15) is 18.3 Å². The molecule has 41 heavy (non-hydrogen) atoms. The van der Waals surface area contributed by atoms with E-state index in [2.05, 4.69) is 10.1 Å². The van der Waals surface area contributed by atoms with Gasteiger partial charge in [-0.3, -0.25) is 9.78 Å². The third kappa shape index (κ3) is 4.31. The topological polar surface area (TPSA) is 63.9 Å². The molecule has 1 aliphatic carbocycles. The number of rotatable bonds is 4. The van der Waals surface area contributed by atoms with Crippen molar-refractivity contribution in [3.8, 4) is 5.69 Å². The monoisotopic (exact) mass is 575 g/mol. The fourth-order valence-corrected chi connectivity index (χ4v) is 6.76. The average Bonchev–Trinajstić information content (AvgIpc) is 3.59. The first-order valence-electron chi connectivity index (χ1n) is 12.9. The first-order valence-corrected chi connectivity index (χ1v) is 13.8. The van der Waals surface area contributed by atoms with E-state index in [1.807, 2.05) is 35.2 Å². The minimum absolute atomic E-state index is 0.230. The van der Waals surface area contributed by atoms with Crippen LogP contribution < -0.4 is 4.90 Å². The number of anilines is 1. The number of thiazole rings is 1. The summed E-state index contributed by atoms with van der Waals surface area (Å²) < 4.78 is 57.0. The molecular weight excluding hydrogens is 554 g/mol. The SMILES string of the molecule is O=C(c1cc(C(F)(F)F)ccn1)[C@]12Cc3cnn(-c4ccc(F)cc4)c3C=C1CCN(c1nc3ccccc3s1)C2. The Hall–Kier alpha value is -4.38. The van der Waals surface area contributed by atoms with E-state index in [9.17, 15) is 22.4 Å². The highest BCUT2D eigenvalue weighted by Crippen LogP contribution is 2.48. The molecule has 3 aromatic heterocycles. The summed E-state index contributed by atoms with van der Waals surface area (Å²) in [5.74, 6) is -0.839. The minimum Gasteiger partial charge on any atom is -0.346 e. The summed E-state index contributed by atoms with van der Waals surface area (Å²) in [6, 6.07) is 15.4. The van der Waals surface area contributed by atoms with E-state index in [0.717, 1.165) is 50.5 Å². The lowest BCUT2D eigenvalue weighted by atomic mass is 9.65. The lowest BCUT2D eigenvalue weighted by molar-refractivity contribution is -0.137. The van der Waals surface area contributed by atoms with Crippen molar-refractivity contribution in [1.82, 2.24) is 19.7 Å². The zero-order chi connectivity index (χ0) is 28.4. The molecule has 206 valence electrons. The first kappa shape index (κ1) is 25.6. The Morgan fingerprint density at radius 3 is 2.63 bits per heavy atom. The Morgan fingerprint density at radius 2 is 1.85 bits per heavy atom. The maximum atomic E-state index is 14.3. The third-order valence-electron chi connectivity index (χ3n) is 7.79. The van der Waals surface area contributed by atoms with Crippen molar-refractivity contribution in [2.24, 2.45) is 5.41 Å². The van der Waals surface area contributed by atoms with Crippen LogP contribution in [0.3, 0.4) is 0 Å². The molecule has 2 aromatic carbocycles. The van der Waals surface area contributed by atoms with Gasteiger partial charge in [0.15, 0.2) is 10.9 Å². The van der Waals surface area contributed by atoms with Gasteiger partial charge in [-0.15, -0.1) is 0 Å². The van der Waals surface area contributed by atoms with E-state index < -0.39 is 22.9 Å². The van der Waals surface area contributed by atoms with Gasteiger partial charge in [-0.05, 0) is 73.0 Å². The number of alkyl halides is 3. The van der Waals surface area contributed by atoms with E-state index in [0.29, 0.717) is 18.7 Å². The van der Waals surface area contributed by atoms with Gasteiger partial charge in [-0.25, -0.2) is 14.1 Å². The minimum atomic E-state index is -4.61. The number of hydrogen-bond acceptors (Lipinski definition) is 6. The number of piperidine rings is 1. The molecule has 7 rings (SSSR count). The number of benzene rings is 2. The van der Waals surface area contributed by atoms with Crippen molar-refractivity contribution >= 4 is 38.5 Å². The number of Topliss-reactive ketones (excluding diaryl/α,β-unsaturated/α-hetero) is 1. The highest BCUT2D eigenvalue weighted by molar-refractivity contribution is 7.22. The number of halogens is 4. The molecule has 0 N–H and O–H groups in total. The van der Waals surface area contributed by atoms with Crippen molar-refractivity contribution in [3.63, 3.8) is 0 Å². The quantitative estimate of drug-likeness (QED) is 0.175. The predicted octanol–water partition coefficient (Wildman–Crippen LogP) is 6.75. The molecule has 0 amide bonds. The van der Waals surface area contributed by atoms with Crippen LogP contribution in [0.2, 0.25) is 0 Å². The highest BCUT2D eigenvalue weighted by atomic mass is 32.1. The van der Waals surface area contributed by atoms with Crippen LogP contribution in [0.15, 0.2) is 78.6 Å². The molecule has 1 aliphatic heterocycles. The molecule has 0 bridgehead atoms. The number of para-hydroxylation sites is 1. The average molecular weight is 576 g/mol. The van der Waals surface area contributed by atoms with Crippen LogP contribution in [0.1, 0.15) is 33.7 Å². The van der Waals surface area contributed by atoms with Crippen molar-refractivity contribution in [2.45, 2.75) is 19.0 Å². The molecule has 11 heteroatoms. The molecule has 0 radical (unpaired) electrons. The van der Waals surface area contributed by atoms with Crippen molar-refractivity contribution in [3.05, 3.63) is 107 Å². The molecular formula is C30H21F4N5OS. The maximum Gasteiger partial charge on any atom is 0.416 e. The molecule has 1 fully saturated rings. The van der Waals surface area contributed by atoms with Crippen LogP contribution in [0.25, 0.3) is 22.0 Å². The van der Waals surface area contributed by atoms with Gasteiger partial charge in [0.25, 0.3) is 0 Å². The largest absolute Gasteiger partial charge is 0.416 e. The smallest absolute Gasteiger partial charge is 0.346 e. The van der Waals surface area contributed by atoms with Crippen LogP contribution >= 0.6 is 11.3 Å². The van der Waals surface area contributed by atoms with Gasteiger partial charge in [0.1, 0.15) is 11.5 Å². The van der Waals surface area contributed by atoms with Crippen LogP contribution in [-0.2, 0) is 12.6 Å². The Kier molecular flexibility index (Phi) is 5.82. The van der Waals surface area contributed by atoms with Gasteiger partial charge < -0.3 is 4.90 Å². The first-order chi connectivity index (χ1) is 19.7. The Morgan fingerprint density at radius 1 is 1.05 bits per heavy atom. The van der Waals surface area contributed by atoms with Crippen LogP contribution in [0.4, 0.5) is 22.7 Å². The number of ketones is 1. The van der Waals surface area contributed by atoms with Gasteiger partial charge >= 0.3 is 6.18 Å². The summed E-state index contributed by atoms with van der Waals surface area (Å²) in [5, 5.41) is 5.27. The summed E-state index contributed by atoms with van der Waals surface area (Å²) in [6.07, 6.45) is 0.727. The highest BCUT2D eigenvalue weighted by Gasteiger charge is 2.50. The zero-order valence-corrected chi connectivity index (χ0v) is 22.2. The maximum absolute atomic E-state index is 14.3. The number of fused-ring (bicyclic) bond motifs is 3. The van der Waals surface area contributed by atoms with Crippen LogP contribution in [0, 0.1) is 11.2 Å². The summed E-state index contributed by atoms with van der Waals surface area (Å²) in [6.45, 7) is 0.813. The predicted molar refractivity (Wildman–Crippen MR) is 148 cm³/mol. The number of nitrogens with zero attached hydrogens (tertiary/aromatic N) is 5. The van der Waals surface area contributed by atoms with Crippen molar-refractivity contribution < 1.29 is 22.4 Å². The zero-order valence-electron chi connectivity index (χ0n) is 21.4. The second kappa shape index (κ2) is 9.34. The second-order valence-corrected chi connectivity index (χ2v) is 11.3. The van der Waals surface area contributed by atoms with E-state index in [1.165, 1.54) is 23.5 Å². The summed E-state index contributed by atoms with van der Waals surface area (Å²) >= 11 is 1.52. The number of carbonyl (C=O) groups excluding carboxylic acids is 1. The fourth-order valence-electron chi connectivity index (χ4n) is 5.77. The normalized spacial score (nSPS) is 18.6. The lowest BCUT2D eigenvalue weighted by Crippen LogP contribution is -2.52. The van der Waals surface area contributed by atoms with Crippen LogP contribution in [-0.4, -0.2) is 38.6 Å². The van der Waals surface area contributed by atoms with E-state index in [4.69, 9.17) is 4.98 Å². The van der Waals surface area contributed by atoms with Crippen molar-refractivity contribution in [1.29, 1.82) is 0 Å². The third-order valence-corrected chi connectivity index (χ3v) is 8.89. The van der Waals surface area contributed by atoms with Gasteiger partial charge in [0.2, 0.25) is 0 Å². The molecule has 5 aromatic rings. The van der Waals surface area contributed by atoms with Gasteiger partial charge in [0, 0.05) is 19.3 Å². The lowest BCUT2D eigenvalue weighted by Gasteiger charge is -2.45. The van der Waals surface area contributed by atoms with Crippen LogP contribution in [0.5, 0.6) is 0 Å². The standard InChI is InChI=1S/C30H21F4N5OS/c31-21-5-7-22(8-6-21)39-25-14-19-10-12-38(28-37-23-3-1-2-4-26(23)41-28)17-29(19,15-18(25)16-36-39)27(40)24-13-20(9-11-35-24)30(32,33)34/h1-9,11,13-14,16H,10,12,15,17H2/t29-/m0/s1. The molecule has 4 heterocycles. The van der Waals surface area contributed by atoms with Gasteiger partial charge in [-0.1, -0.05) is 29.0 Å². The summed E-state index contributed by atoms with van der Waals surface area (Å²) in [7, 11) is 0. The number of hydrogen-bond donors (Lipinski definition) is 0. The molecule has 1 atom stereocenters. The molecule has 1 saturated heterocycles. The summed E-state index contributed by atoms with van der Waals surface area (Å²) in [5.41, 5.74) is 1.52. The van der Waals surface area contributed by atoms with E-state index >= 15 is 0 Å². The second-order valence-electron chi connectivity index (χ2n) is 10.3. The Balaban J connectivity index is 1.34. The van der Waals surface area contributed by atoms with Gasteiger partial charge in [0.05, 0.1) is 38.8 Å². The Labute approximate surface area is 235 Å². The number of aromatic nitrogens is 4. The molecule has 0 spiro atoms. The van der Waals surface area contributed by atoms with E-state index in [-0.39, 0.29) is 24.5 Å². The molecule has 6 nitrogen and oxygen atoms in total. The molecule has 0 saturated carbocycles. The molecule has 0 unspecified atom stereocenters. The van der Waals surface area contributed by atoms with Crippen molar-refractivity contribution in [2.75, 3.05) is 18.0 Å².